The molecule has 15 heteroatoms. The second kappa shape index (κ2) is 16.7. The van der Waals surface area contributed by atoms with Gasteiger partial charge in [0.25, 0.3) is 0 Å². The first-order valence-electron chi connectivity index (χ1n) is 18.0. The zero-order valence-electron chi connectivity index (χ0n) is 30.2. The number of para-hydroxylation sites is 2. The molecule has 6 rings (SSSR count). The number of benzene rings is 3. The third kappa shape index (κ3) is 9.45. The first-order chi connectivity index (χ1) is 25.8. The Labute approximate surface area is 311 Å². The number of aliphatic hydroxyl groups is 2. The Morgan fingerprint density at radius 1 is 0.981 bits per heavy atom. The van der Waals surface area contributed by atoms with Crippen molar-refractivity contribution in [2.45, 2.75) is 62.7 Å². The number of alkyl halides is 3. The molecule has 0 spiro atoms. The summed E-state index contributed by atoms with van der Waals surface area (Å²) in [5.41, 5.74) is 2.17. The van der Waals surface area contributed by atoms with E-state index in [1.165, 1.54) is 0 Å². The quantitative estimate of drug-likeness (QED) is 0.162. The number of hydrogen-bond acceptors (Lipinski definition) is 9. The monoisotopic (exact) mass is 749 g/mol. The molecule has 1 aromatic heterocycles. The SMILES string of the molecule is CC(C)(c1cn(-c2ccccc2)nn1)N1CCN(C[C@@H](O)C[C@@H](Cc2ccccc2)C(=O)N[C@H]2c3ccccc3OC[C@H]2O)[C@H](C(=O)NCC(F)(F)F)C1. The summed E-state index contributed by atoms with van der Waals surface area (Å²) in [7, 11) is 0. The molecule has 0 aliphatic carbocycles. The molecule has 0 saturated carbocycles. The highest BCUT2D eigenvalue weighted by atomic mass is 19.4. The van der Waals surface area contributed by atoms with Gasteiger partial charge < -0.3 is 25.6 Å². The Morgan fingerprint density at radius 3 is 2.39 bits per heavy atom. The molecule has 1 fully saturated rings. The van der Waals surface area contributed by atoms with E-state index in [0.717, 1.165) is 11.3 Å². The fraction of sp³-hybridized carbons (Fsp3) is 0.436. The molecule has 3 heterocycles. The lowest BCUT2D eigenvalue weighted by molar-refractivity contribution is -0.144. The van der Waals surface area contributed by atoms with Crippen molar-refractivity contribution in [3.05, 3.63) is 108 Å². The van der Waals surface area contributed by atoms with E-state index in [1.54, 1.807) is 40.0 Å². The number of aliphatic hydroxyl groups excluding tert-OH is 2. The Hall–Kier alpha value is -4.83. The molecular formula is C39H46F3N7O5. The topological polar surface area (TPSA) is 145 Å². The fourth-order valence-electron chi connectivity index (χ4n) is 7.16. The predicted octanol–water partition coefficient (Wildman–Crippen LogP) is 3.39. The zero-order chi connectivity index (χ0) is 38.5. The molecule has 5 atom stereocenters. The molecule has 2 amide bonds. The van der Waals surface area contributed by atoms with Gasteiger partial charge in [-0.1, -0.05) is 71.9 Å². The maximum atomic E-state index is 14.0. The van der Waals surface area contributed by atoms with E-state index in [0.29, 0.717) is 23.6 Å². The molecule has 12 nitrogen and oxygen atoms in total. The van der Waals surface area contributed by atoms with E-state index >= 15 is 0 Å². The average Bonchev–Trinajstić information content (AvgIpc) is 3.67. The van der Waals surface area contributed by atoms with E-state index < -0.39 is 54.4 Å². The highest BCUT2D eigenvalue weighted by Gasteiger charge is 2.42. The largest absolute Gasteiger partial charge is 0.490 e. The Kier molecular flexibility index (Phi) is 12.0. The third-order valence-electron chi connectivity index (χ3n) is 10.2. The molecule has 4 aromatic rings. The molecule has 2 aliphatic rings. The lowest BCUT2D eigenvalue weighted by atomic mass is 9.90. The smallest absolute Gasteiger partial charge is 0.405 e. The fourth-order valence-corrected chi connectivity index (χ4v) is 7.16. The number of carbonyl (C=O) groups excluding carboxylic acids is 2. The maximum absolute atomic E-state index is 14.0. The van der Waals surface area contributed by atoms with Crippen molar-refractivity contribution in [3.63, 3.8) is 0 Å². The molecule has 288 valence electrons. The van der Waals surface area contributed by atoms with Crippen LogP contribution in [0.2, 0.25) is 0 Å². The number of amides is 2. The normalized spacial score (nSPS) is 20.7. The van der Waals surface area contributed by atoms with Gasteiger partial charge in [0.15, 0.2) is 0 Å². The van der Waals surface area contributed by atoms with E-state index in [1.807, 2.05) is 84.7 Å². The summed E-state index contributed by atoms with van der Waals surface area (Å²) in [6.45, 7) is 2.99. The van der Waals surface area contributed by atoms with Gasteiger partial charge in [0.2, 0.25) is 11.8 Å². The Balaban J connectivity index is 1.18. The number of nitrogens with one attached hydrogen (secondary N) is 2. The number of fused-ring (bicyclic) bond motifs is 1. The van der Waals surface area contributed by atoms with E-state index in [2.05, 4.69) is 15.6 Å². The standard InChI is InChI=1S/C39H46F3N7O5/c1-38(2,34-23-49(46-45-34)28-13-7-4-8-14-28)48-18-17-47(31(22-48)37(53)43-25-39(40,41)42)21-29(50)20-27(19-26-11-5-3-6-12-26)36(52)44-35-30-15-9-10-16-33(30)54-24-32(35)51/h3-16,23,27,29,31-32,35,50-51H,17-22,24-25H2,1-2H3,(H,43,53)(H,44,52)/t27-,29+,31+,32-,35+/m1/s1. The number of hydrogen-bond donors (Lipinski definition) is 4. The van der Waals surface area contributed by atoms with Crippen molar-refractivity contribution in [2.24, 2.45) is 5.92 Å². The molecule has 0 unspecified atom stereocenters. The van der Waals surface area contributed by atoms with Crippen LogP contribution in [0.15, 0.2) is 91.1 Å². The van der Waals surface area contributed by atoms with Crippen molar-refractivity contribution < 1.29 is 37.7 Å². The van der Waals surface area contributed by atoms with Crippen LogP contribution in [0.25, 0.3) is 5.69 Å². The number of carbonyl (C=O) groups is 2. The first kappa shape index (κ1) is 38.9. The number of rotatable bonds is 13. The van der Waals surface area contributed by atoms with E-state index in [4.69, 9.17) is 4.74 Å². The number of nitrogens with zero attached hydrogens (tertiary/aromatic N) is 5. The number of piperazine rings is 1. The highest BCUT2D eigenvalue weighted by Crippen LogP contribution is 2.33. The van der Waals surface area contributed by atoms with Gasteiger partial charge >= 0.3 is 6.18 Å². The summed E-state index contributed by atoms with van der Waals surface area (Å²) >= 11 is 0. The molecule has 1 saturated heterocycles. The Bertz CT molecular complexity index is 1860. The van der Waals surface area contributed by atoms with E-state index in [-0.39, 0.29) is 45.0 Å². The van der Waals surface area contributed by atoms with Gasteiger partial charge in [0, 0.05) is 37.7 Å². The lowest BCUT2D eigenvalue weighted by Gasteiger charge is -2.47. The second-order valence-electron chi connectivity index (χ2n) is 14.4. The van der Waals surface area contributed by atoms with Crippen LogP contribution in [0.4, 0.5) is 13.2 Å². The van der Waals surface area contributed by atoms with Crippen molar-refractivity contribution in [1.29, 1.82) is 0 Å². The van der Waals surface area contributed by atoms with Crippen LogP contribution in [-0.2, 0) is 21.5 Å². The number of ether oxygens (including phenoxy) is 1. The maximum Gasteiger partial charge on any atom is 0.405 e. The van der Waals surface area contributed by atoms with Crippen molar-refractivity contribution in [3.8, 4) is 11.4 Å². The number of aromatic nitrogens is 3. The molecule has 3 aromatic carbocycles. The highest BCUT2D eigenvalue weighted by molar-refractivity contribution is 5.82. The van der Waals surface area contributed by atoms with Crippen molar-refractivity contribution in [2.75, 3.05) is 39.3 Å². The molecule has 2 aliphatic heterocycles. The van der Waals surface area contributed by atoms with Crippen LogP contribution >= 0.6 is 0 Å². The summed E-state index contributed by atoms with van der Waals surface area (Å²) in [4.78, 5) is 31.1. The summed E-state index contributed by atoms with van der Waals surface area (Å²) in [6.07, 6.45) is -4.66. The van der Waals surface area contributed by atoms with Crippen LogP contribution < -0.4 is 15.4 Å². The molecule has 0 bridgehead atoms. The van der Waals surface area contributed by atoms with Crippen molar-refractivity contribution in [1.82, 2.24) is 35.4 Å². The minimum atomic E-state index is -4.61. The van der Waals surface area contributed by atoms with E-state index in [9.17, 15) is 33.0 Å². The van der Waals surface area contributed by atoms with Gasteiger partial charge in [-0.2, -0.15) is 13.2 Å². The predicted molar refractivity (Wildman–Crippen MR) is 193 cm³/mol. The van der Waals surface area contributed by atoms with Crippen LogP contribution in [0.5, 0.6) is 5.75 Å². The van der Waals surface area contributed by atoms with Crippen LogP contribution in [0, 0.1) is 5.92 Å². The third-order valence-corrected chi connectivity index (χ3v) is 10.2. The summed E-state index contributed by atoms with van der Waals surface area (Å²) in [5, 5.41) is 36.0. The number of halogens is 3. The molecular weight excluding hydrogens is 703 g/mol. The van der Waals surface area contributed by atoms with Gasteiger partial charge in [0.05, 0.1) is 29.6 Å². The van der Waals surface area contributed by atoms with Crippen LogP contribution in [0.3, 0.4) is 0 Å². The van der Waals surface area contributed by atoms with Gasteiger partial charge in [-0.3, -0.25) is 19.4 Å². The van der Waals surface area contributed by atoms with Gasteiger partial charge in [0.1, 0.15) is 36.7 Å². The Morgan fingerprint density at radius 2 is 1.67 bits per heavy atom. The van der Waals surface area contributed by atoms with Crippen molar-refractivity contribution >= 4 is 11.8 Å². The van der Waals surface area contributed by atoms with Crippen LogP contribution in [-0.4, -0.2) is 111 Å². The van der Waals surface area contributed by atoms with Gasteiger partial charge in [-0.15, -0.1) is 5.10 Å². The lowest BCUT2D eigenvalue weighted by Crippen LogP contribution is -2.63. The average molecular weight is 750 g/mol. The minimum absolute atomic E-state index is 0.0000589. The summed E-state index contributed by atoms with van der Waals surface area (Å²) < 4.78 is 47.0. The molecule has 4 N–H and O–H groups in total. The summed E-state index contributed by atoms with van der Waals surface area (Å²) in [6, 6.07) is 24.1. The molecule has 54 heavy (non-hydrogen) atoms. The first-order valence-corrected chi connectivity index (χ1v) is 18.0. The summed E-state index contributed by atoms with van der Waals surface area (Å²) in [5.74, 6) is -1.38. The minimum Gasteiger partial charge on any atom is -0.490 e. The zero-order valence-corrected chi connectivity index (χ0v) is 30.2. The van der Waals surface area contributed by atoms with Gasteiger partial charge in [-0.25, -0.2) is 4.68 Å². The second-order valence-corrected chi connectivity index (χ2v) is 14.4. The van der Waals surface area contributed by atoms with Crippen LogP contribution in [0.1, 0.15) is 43.1 Å². The van der Waals surface area contributed by atoms with Gasteiger partial charge in [-0.05, 0) is 50.5 Å². The number of β-amino-alcohol motifs (C(OH)–C–C–N with tert-alkyl or cyclic N) is 1. The molecule has 0 radical (unpaired) electrons.